The molecule has 0 aromatic carbocycles. The van der Waals surface area contributed by atoms with Crippen molar-refractivity contribution in [3.8, 4) is 10.6 Å². The molecule has 0 aliphatic rings. The molecular formula is C12H12F3N3OS. The molecule has 2 rings (SSSR count). The molecule has 0 fully saturated rings. The van der Waals surface area contributed by atoms with Crippen LogP contribution in [0.15, 0.2) is 11.0 Å². The number of alkyl halides is 3. The zero-order valence-corrected chi connectivity index (χ0v) is 11.8. The summed E-state index contributed by atoms with van der Waals surface area (Å²) < 4.78 is 37.7. The zero-order valence-electron chi connectivity index (χ0n) is 11.0. The number of thiazole rings is 1. The van der Waals surface area contributed by atoms with Crippen LogP contribution in [-0.2, 0) is 6.18 Å². The van der Waals surface area contributed by atoms with Crippen LogP contribution in [-0.4, -0.2) is 15.0 Å². The predicted molar refractivity (Wildman–Crippen MR) is 69.8 cm³/mol. The number of nitrogens with zero attached hydrogens (tertiary/aromatic N) is 2. The first-order valence-electron chi connectivity index (χ1n) is 5.84. The Morgan fingerprint density at radius 3 is 2.50 bits per heavy atom. The number of nitrogens with one attached hydrogen (secondary N) is 1. The Balaban J connectivity index is 2.58. The van der Waals surface area contributed by atoms with E-state index in [1.807, 2.05) is 13.8 Å². The van der Waals surface area contributed by atoms with Crippen LogP contribution in [0.25, 0.3) is 10.6 Å². The van der Waals surface area contributed by atoms with E-state index in [1.54, 1.807) is 0 Å². The second kappa shape index (κ2) is 5.01. The summed E-state index contributed by atoms with van der Waals surface area (Å²) in [5, 5.41) is -0.944. The molecule has 20 heavy (non-hydrogen) atoms. The van der Waals surface area contributed by atoms with Crippen molar-refractivity contribution < 1.29 is 13.2 Å². The molecule has 1 N–H and O–H groups in total. The highest BCUT2D eigenvalue weighted by Gasteiger charge is 2.35. The van der Waals surface area contributed by atoms with Gasteiger partial charge in [0.15, 0.2) is 5.01 Å². The monoisotopic (exact) mass is 303 g/mol. The van der Waals surface area contributed by atoms with Crippen molar-refractivity contribution in [3.63, 3.8) is 0 Å². The Hall–Kier alpha value is -1.70. The van der Waals surface area contributed by atoms with Gasteiger partial charge in [0, 0.05) is 17.7 Å². The summed E-state index contributed by atoms with van der Waals surface area (Å²) in [6.45, 7) is 5.20. The Kier molecular flexibility index (Phi) is 3.68. The molecule has 2 aromatic rings. The van der Waals surface area contributed by atoms with Crippen LogP contribution >= 0.6 is 11.3 Å². The van der Waals surface area contributed by atoms with Gasteiger partial charge in [0.1, 0.15) is 5.82 Å². The van der Waals surface area contributed by atoms with Crippen LogP contribution in [0.5, 0.6) is 0 Å². The predicted octanol–water partition coefficient (Wildman–Crippen LogP) is 3.34. The first-order chi connectivity index (χ1) is 9.20. The van der Waals surface area contributed by atoms with Crippen molar-refractivity contribution in [1.29, 1.82) is 0 Å². The molecule has 0 radical (unpaired) electrons. The summed E-state index contributed by atoms with van der Waals surface area (Å²) in [5.41, 5.74) is 0.192. The zero-order chi connectivity index (χ0) is 15.1. The quantitative estimate of drug-likeness (QED) is 0.925. The lowest BCUT2D eigenvalue weighted by Crippen LogP contribution is -2.16. The smallest absolute Gasteiger partial charge is 0.310 e. The molecule has 0 unspecified atom stereocenters. The molecule has 0 aliphatic heterocycles. The van der Waals surface area contributed by atoms with Crippen LogP contribution in [0.3, 0.4) is 0 Å². The van der Waals surface area contributed by atoms with Crippen molar-refractivity contribution in [3.05, 3.63) is 32.9 Å². The summed E-state index contributed by atoms with van der Waals surface area (Å²) in [4.78, 5) is 22.3. The normalized spacial score (nSPS) is 12.2. The Morgan fingerprint density at radius 1 is 1.35 bits per heavy atom. The van der Waals surface area contributed by atoms with E-state index in [1.165, 1.54) is 6.92 Å². The maximum absolute atomic E-state index is 12.6. The second-order valence-corrected chi connectivity index (χ2v) is 5.64. The Bertz CT molecular complexity index is 688. The fourth-order valence-corrected chi connectivity index (χ4v) is 2.41. The van der Waals surface area contributed by atoms with E-state index in [9.17, 15) is 18.0 Å². The average Bonchev–Trinajstić information content (AvgIpc) is 2.81. The van der Waals surface area contributed by atoms with Crippen LogP contribution < -0.4 is 5.56 Å². The summed E-state index contributed by atoms with van der Waals surface area (Å²) in [7, 11) is 0. The number of aromatic amines is 1. The lowest BCUT2D eigenvalue weighted by atomic mass is 10.1. The van der Waals surface area contributed by atoms with E-state index < -0.39 is 11.2 Å². The highest BCUT2D eigenvalue weighted by molar-refractivity contribution is 7.15. The molecule has 0 spiro atoms. The maximum atomic E-state index is 12.6. The minimum atomic E-state index is -4.49. The third kappa shape index (κ3) is 2.74. The summed E-state index contributed by atoms with van der Waals surface area (Å²) in [5.74, 6) is 0.412. The maximum Gasteiger partial charge on any atom is 0.443 e. The molecule has 0 aliphatic carbocycles. The van der Waals surface area contributed by atoms with E-state index in [0.29, 0.717) is 17.2 Å². The minimum absolute atomic E-state index is 0.0305. The third-order valence-corrected chi connectivity index (χ3v) is 3.75. The van der Waals surface area contributed by atoms with Gasteiger partial charge in [0.2, 0.25) is 0 Å². The van der Waals surface area contributed by atoms with Crippen molar-refractivity contribution in [1.82, 2.24) is 15.0 Å². The number of aromatic nitrogens is 3. The van der Waals surface area contributed by atoms with E-state index in [0.717, 1.165) is 6.20 Å². The third-order valence-electron chi connectivity index (χ3n) is 2.70. The fourth-order valence-electron chi connectivity index (χ4n) is 1.58. The van der Waals surface area contributed by atoms with Gasteiger partial charge >= 0.3 is 6.18 Å². The molecule has 4 nitrogen and oxygen atoms in total. The molecule has 0 atom stereocenters. The van der Waals surface area contributed by atoms with Gasteiger partial charge in [-0.2, -0.15) is 13.2 Å². The van der Waals surface area contributed by atoms with Crippen molar-refractivity contribution in [2.45, 2.75) is 32.9 Å². The summed E-state index contributed by atoms with van der Waals surface area (Å²) in [6.07, 6.45) is -3.38. The van der Waals surface area contributed by atoms with Gasteiger partial charge in [0.25, 0.3) is 5.56 Å². The lowest BCUT2D eigenvalue weighted by Gasteiger charge is -2.08. The molecule has 0 bridgehead atoms. The van der Waals surface area contributed by atoms with E-state index >= 15 is 0 Å². The highest BCUT2D eigenvalue weighted by Crippen LogP contribution is 2.36. The molecule has 2 aromatic heterocycles. The van der Waals surface area contributed by atoms with Gasteiger partial charge in [-0.1, -0.05) is 13.8 Å². The fraction of sp³-hybridized carbons (Fsp3) is 0.417. The molecular weight excluding hydrogens is 291 g/mol. The van der Waals surface area contributed by atoms with Gasteiger partial charge in [-0.3, -0.25) is 4.79 Å². The van der Waals surface area contributed by atoms with Crippen LogP contribution in [0, 0.1) is 6.92 Å². The largest absolute Gasteiger partial charge is 0.443 e. The summed E-state index contributed by atoms with van der Waals surface area (Å²) >= 11 is 0.485. The number of halogens is 3. The standard InChI is InChI=1S/C12H12F3N3OS/c1-5(2)9-17-8(6(3)10(19)18-9)7-4-16-11(20-7)12(13,14)15/h4-5H,1-3H3,(H,17,18,19). The molecule has 0 saturated heterocycles. The minimum Gasteiger partial charge on any atom is -0.310 e. The Morgan fingerprint density at radius 2 is 2.00 bits per heavy atom. The van der Waals surface area contributed by atoms with Gasteiger partial charge in [-0.05, 0) is 6.92 Å². The van der Waals surface area contributed by atoms with Crippen molar-refractivity contribution in [2.24, 2.45) is 0 Å². The molecule has 108 valence electrons. The van der Waals surface area contributed by atoms with Crippen molar-refractivity contribution >= 4 is 11.3 Å². The summed E-state index contributed by atoms with van der Waals surface area (Å²) in [6, 6.07) is 0. The lowest BCUT2D eigenvalue weighted by molar-refractivity contribution is -0.137. The van der Waals surface area contributed by atoms with Crippen molar-refractivity contribution in [2.75, 3.05) is 0 Å². The number of rotatable bonds is 2. The van der Waals surface area contributed by atoms with Gasteiger partial charge in [0.05, 0.1) is 10.6 Å². The SMILES string of the molecule is Cc1c(-c2cnc(C(F)(F)F)s2)nc(C(C)C)[nH]c1=O. The topological polar surface area (TPSA) is 58.6 Å². The average molecular weight is 303 g/mol. The van der Waals surface area contributed by atoms with Crippen LogP contribution in [0.4, 0.5) is 13.2 Å². The van der Waals surface area contributed by atoms with Crippen LogP contribution in [0.2, 0.25) is 0 Å². The number of hydrogen-bond acceptors (Lipinski definition) is 4. The van der Waals surface area contributed by atoms with E-state index in [-0.39, 0.29) is 27.6 Å². The molecule has 2 heterocycles. The first kappa shape index (κ1) is 14.7. The second-order valence-electron chi connectivity index (χ2n) is 4.61. The first-order valence-corrected chi connectivity index (χ1v) is 6.66. The molecule has 8 heteroatoms. The molecule has 0 amide bonds. The van der Waals surface area contributed by atoms with Crippen LogP contribution in [0.1, 0.15) is 36.2 Å². The number of H-pyrrole nitrogens is 1. The van der Waals surface area contributed by atoms with Gasteiger partial charge in [-0.25, -0.2) is 9.97 Å². The number of hydrogen-bond donors (Lipinski definition) is 1. The van der Waals surface area contributed by atoms with E-state index in [4.69, 9.17) is 0 Å². The molecule has 0 saturated carbocycles. The van der Waals surface area contributed by atoms with Gasteiger partial charge < -0.3 is 4.98 Å². The van der Waals surface area contributed by atoms with Gasteiger partial charge in [-0.15, -0.1) is 11.3 Å². The highest BCUT2D eigenvalue weighted by atomic mass is 32.1. The Labute approximate surface area is 116 Å². The van der Waals surface area contributed by atoms with E-state index in [2.05, 4.69) is 15.0 Å².